The van der Waals surface area contributed by atoms with Gasteiger partial charge in [0.1, 0.15) is 0 Å². The molecule has 3 nitrogen and oxygen atoms in total. The third-order valence-electron chi connectivity index (χ3n) is 2.45. The molecule has 2 N–H and O–H groups in total. The van der Waals surface area contributed by atoms with E-state index in [2.05, 4.69) is 4.74 Å². The topological polar surface area (TPSA) is 52.3 Å². The zero-order chi connectivity index (χ0) is 9.99. The molecule has 0 bridgehead atoms. The quantitative estimate of drug-likeness (QED) is 0.641. The molecular weight excluding hydrogens is 154 g/mol. The minimum Gasteiger partial charge on any atom is -0.469 e. The van der Waals surface area contributed by atoms with E-state index in [9.17, 15) is 4.79 Å². The average Bonchev–Trinajstić information content (AvgIpc) is 1.84. The maximum Gasteiger partial charge on any atom is 0.307 e. The molecule has 0 rings (SSSR count). The molecule has 0 aromatic heterocycles. The molecule has 0 spiro atoms. The number of methoxy groups -OCH3 is 1. The molecule has 1 atom stereocenters. The van der Waals surface area contributed by atoms with Crippen LogP contribution in [-0.4, -0.2) is 18.6 Å². The predicted octanol–water partition coefficient (Wildman–Crippen LogP) is 1.31. The first-order valence-electron chi connectivity index (χ1n) is 4.06. The summed E-state index contributed by atoms with van der Waals surface area (Å²) in [4.78, 5) is 11.0. The smallest absolute Gasteiger partial charge is 0.307 e. The van der Waals surface area contributed by atoms with Gasteiger partial charge in [0.25, 0.3) is 0 Å². The lowest BCUT2D eigenvalue weighted by Crippen LogP contribution is -2.50. The largest absolute Gasteiger partial charge is 0.469 e. The van der Waals surface area contributed by atoms with Crippen molar-refractivity contribution in [2.75, 3.05) is 7.11 Å². The molecule has 0 saturated carbocycles. The Bertz CT molecular complexity index is 168. The molecule has 12 heavy (non-hydrogen) atoms. The van der Waals surface area contributed by atoms with E-state index in [4.69, 9.17) is 5.73 Å². The first kappa shape index (κ1) is 11.4. The third-order valence-corrected chi connectivity index (χ3v) is 2.45. The Morgan fingerprint density at radius 3 is 2.00 bits per heavy atom. The molecule has 0 aromatic carbocycles. The average molecular weight is 173 g/mol. The van der Waals surface area contributed by atoms with E-state index in [1.165, 1.54) is 7.11 Å². The number of carbonyl (C=O) groups excluding carboxylic acids is 1. The monoisotopic (exact) mass is 173 g/mol. The van der Waals surface area contributed by atoms with Crippen LogP contribution >= 0.6 is 0 Å². The Hall–Kier alpha value is -0.570. The number of hydrogen-bond donors (Lipinski definition) is 1. The van der Waals surface area contributed by atoms with Crippen molar-refractivity contribution in [1.82, 2.24) is 0 Å². The van der Waals surface area contributed by atoms with Gasteiger partial charge in [-0.25, -0.2) is 0 Å². The van der Waals surface area contributed by atoms with Crippen molar-refractivity contribution < 1.29 is 9.53 Å². The molecule has 1 unspecified atom stereocenters. The van der Waals surface area contributed by atoms with Crippen LogP contribution in [0.15, 0.2) is 0 Å². The van der Waals surface area contributed by atoms with E-state index >= 15 is 0 Å². The Morgan fingerprint density at radius 2 is 1.75 bits per heavy atom. The van der Waals surface area contributed by atoms with E-state index in [0.717, 1.165) is 0 Å². The minimum absolute atomic E-state index is 0.0960. The lowest BCUT2D eigenvalue weighted by Gasteiger charge is -2.37. The summed E-state index contributed by atoms with van der Waals surface area (Å²) in [6, 6.07) is 0. The fourth-order valence-corrected chi connectivity index (χ4v) is 0.637. The van der Waals surface area contributed by atoms with Gasteiger partial charge in [-0.15, -0.1) is 0 Å². The van der Waals surface area contributed by atoms with Gasteiger partial charge in [-0.05, 0) is 12.3 Å². The highest BCUT2D eigenvalue weighted by molar-refractivity contribution is 5.70. The van der Waals surface area contributed by atoms with Crippen molar-refractivity contribution in [3.8, 4) is 0 Å². The standard InChI is InChI=1S/C9H19NO2/c1-8(2,3)9(4,10)6-7(11)12-5/h6,10H2,1-5H3. The lowest BCUT2D eigenvalue weighted by molar-refractivity contribution is -0.142. The zero-order valence-corrected chi connectivity index (χ0v) is 8.60. The lowest BCUT2D eigenvalue weighted by atomic mass is 9.74. The van der Waals surface area contributed by atoms with Gasteiger partial charge in [0.05, 0.1) is 13.5 Å². The first-order chi connectivity index (χ1) is 5.20. The van der Waals surface area contributed by atoms with Crippen molar-refractivity contribution >= 4 is 5.97 Å². The van der Waals surface area contributed by atoms with Crippen molar-refractivity contribution in [3.05, 3.63) is 0 Å². The predicted molar refractivity (Wildman–Crippen MR) is 48.7 cm³/mol. The molecular formula is C9H19NO2. The van der Waals surface area contributed by atoms with Crippen LogP contribution < -0.4 is 5.73 Å². The van der Waals surface area contributed by atoms with Gasteiger partial charge >= 0.3 is 5.97 Å². The Balaban J connectivity index is 4.33. The number of rotatable bonds is 2. The molecule has 0 radical (unpaired) electrons. The molecule has 0 fully saturated rings. The van der Waals surface area contributed by atoms with Crippen molar-refractivity contribution in [1.29, 1.82) is 0 Å². The second kappa shape index (κ2) is 3.44. The minimum atomic E-state index is -0.514. The van der Waals surface area contributed by atoms with Crippen LogP contribution in [-0.2, 0) is 9.53 Å². The highest BCUT2D eigenvalue weighted by Crippen LogP contribution is 2.30. The van der Waals surface area contributed by atoms with Crippen LogP contribution in [0.1, 0.15) is 34.1 Å². The highest BCUT2D eigenvalue weighted by Gasteiger charge is 2.35. The van der Waals surface area contributed by atoms with E-state index in [-0.39, 0.29) is 17.8 Å². The molecule has 0 aliphatic rings. The van der Waals surface area contributed by atoms with Crippen LogP contribution in [0.25, 0.3) is 0 Å². The summed E-state index contributed by atoms with van der Waals surface area (Å²) in [5, 5.41) is 0. The fraction of sp³-hybridized carbons (Fsp3) is 0.889. The summed E-state index contributed by atoms with van der Waals surface area (Å²) in [5.74, 6) is -0.255. The van der Waals surface area contributed by atoms with Crippen LogP contribution in [0.4, 0.5) is 0 Å². The summed E-state index contributed by atoms with van der Waals surface area (Å²) in [5.41, 5.74) is 5.36. The number of carbonyl (C=O) groups is 1. The van der Waals surface area contributed by atoms with Gasteiger partial charge in [0, 0.05) is 5.54 Å². The van der Waals surface area contributed by atoms with E-state index in [1.54, 1.807) is 0 Å². The van der Waals surface area contributed by atoms with Crippen LogP contribution in [0.3, 0.4) is 0 Å². The first-order valence-corrected chi connectivity index (χ1v) is 4.06. The van der Waals surface area contributed by atoms with Crippen LogP contribution in [0.2, 0.25) is 0 Å². The molecule has 72 valence electrons. The van der Waals surface area contributed by atoms with Gasteiger partial charge in [0.15, 0.2) is 0 Å². The molecule has 0 amide bonds. The second-order valence-corrected chi connectivity index (χ2v) is 4.42. The summed E-state index contributed by atoms with van der Waals surface area (Å²) >= 11 is 0. The van der Waals surface area contributed by atoms with Gasteiger partial charge in [-0.1, -0.05) is 20.8 Å². The van der Waals surface area contributed by atoms with E-state index < -0.39 is 5.54 Å². The van der Waals surface area contributed by atoms with Gasteiger partial charge in [0.2, 0.25) is 0 Å². The molecule has 3 heteroatoms. The summed E-state index contributed by atoms with van der Waals surface area (Å²) in [7, 11) is 1.38. The SMILES string of the molecule is COC(=O)CC(C)(N)C(C)(C)C. The van der Waals surface area contributed by atoms with Crippen LogP contribution in [0.5, 0.6) is 0 Å². The van der Waals surface area contributed by atoms with E-state index in [1.807, 2.05) is 27.7 Å². The normalized spacial score (nSPS) is 16.8. The summed E-state index contributed by atoms with van der Waals surface area (Å²) in [6.45, 7) is 7.89. The Morgan fingerprint density at radius 1 is 1.33 bits per heavy atom. The maximum atomic E-state index is 11.0. The molecule has 0 heterocycles. The summed E-state index contributed by atoms with van der Waals surface area (Å²) in [6.07, 6.45) is 0.257. The van der Waals surface area contributed by atoms with Crippen LogP contribution in [0, 0.1) is 5.41 Å². The Kier molecular flexibility index (Phi) is 3.27. The number of hydrogen-bond acceptors (Lipinski definition) is 3. The third kappa shape index (κ3) is 2.81. The number of esters is 1. The maximum absolute atomic E-state index is 11.0. The Labute approximate surface area is 74.3 Å². The van der Waals surface area contributed by atoms with Crippen molar-refractivity contribution in [2.24, 2.45) is 11.1 Å². The molecule has 0 aromatic rings. The number of nitrogens with two attached hydrogens (primary N) is 1. The molecule has 0 saturated heterocycles. The van der Waals surface area contributed by atoms with Gasteiger partial charge < -0.3 is 10.5 Å². The van der Waals surface area contributed by atoms with Crippen molar-refractivity contribution in [2.45, 2.75) is 39.7 Å². The fourth-order valence-electron chi connectivity index (χ4n) is 0.637. The molecule has 0 aliphatic carbocycles. The highest BCUT2D eigenvalue weighted by atomic mass is 16.5. The zero-order valence-electron chi connectivity index (χ0n) is 8.60. The summed E-state index contributed by atoms with van der Waals surface area (Å²) < 4.78 is 4.56. The van der Waals surface area contributed by atoms with Crippen molar-refractivity contribution in [3.63, 3.8) is 0 Å². The second-order valence-electron chi connectivity index (χ2n) is 4.42. The number of ether oxygens (including phenoxy) is 1. The molecule has 0 aliphatic heterocycles. The van der Waals surface area contributed by atoms with Gasteiger partial charge in [-0.2, -0.15) is 0 Å². The van der Waals surface area contributed by atoms with E-state index in [0.29, 0.717) is 0 Å². The van der Waals surface area contributed by atoms with Gasteiger partial charge in [-0.3, -0.25) is 4.79 Å².